The van der Waals surface area contributed by atoms with E-state index in [-0.39, 0.29) is 6.09 Å². The lowest BCUT2D eigenvalue weighted by Gasteiger charge is -2.35. The number of carbonyl (C=O) groups is 1. The van der Waals surface area contributed by atoms with Crippen LogP contribution in [0.4, 0.5) is 4.79 Å². The summed E-state index contributed by atoms with van der Waals surface area (Å²) in [6.07, 6.45) is 0.653. The smallest absolute Gasteiger partial charge is 0.409 e. The first-order valence-corrected chi connectivity index (χ1v) is 9.41. The molecule has 8 heteroatoms. The first-order chi connectivity index (χ1) is 12.5. The molecule has 1 N–H and O–H groups in total. The second-order valence-electron chi connectivity index (χ2n) is 6.43. The summed E-state index contributed by atoms with van der Waals surface area (Å²) in [7, 11) is 1.97. The average molecular weight is 364 g/mol. The SMILES string of the molecule is CCNC(=NCCc1c(C)nn(C)c1C)N1CCN(C(=O)OCC)CC1. The standard InChI is InChI=1S/C18H32N6O2/c1-6-19-17(20-9-8-16-14(3)21-22(5)15(16)4)23-10-12-24(13-11-23)18(25)26-7-2/h6-13H2,1-5H3,(H,19,20). The molecule has 1 saturated heterocycles. The summed E-state index contributed by atoms with van der Waals surface area (Å²) in [5.41, 5.74) is 3.55. The van der Waals surface area contributed by atoms with E-state index in [1.165, 1.54) is 11.3 Å². The lowest BCUT2D eigenvalue weighted by atomic mass is 10.1. The van der Waals surface area contributed by atoms with Crippen LogP contribution in [0.1, 0.15) is 30.8 Å². The molecule has 0 bridgehead atoms. The molecule has 2 rings (SSSR count). The maximum Gasteiger partial charge on any atom is 0.409 e. The fourth-order valence-corrected chi connectivity index (χ4v) is 3.19. The number of piperazine rings is 1. The summed E-state index contributed by atoms with van der Waals surface area (Å²) in [4.78, 5) is 20.6. The Morgan fingerprint density at radius 3 is 2.38 bits per heavy atom. The van der Waals surface area contributed by atoms with Crippen LogP contribution in [-0.4, -0.2) is 77.5 Å². The molecule has 1 aromatic rings. The minimum absolute atomic E-state index is 0.225. The van der Waals surface area contributed by atoms with Gasteiger partial charge in [0, 0.05) is 52.0 Å². The van der Waals surface area contributed by atoms with Crippen molar-refractivity contribution in [2.24, 2.45) is 12.0 Å². The van der Waals surface area contributed by atoms with E-state index < -0.39 is 0 Å². The molecular formula is C18H32N6O2. The minimum atomic E-state index is -0.225. The molecule has 26 heavy (non-hydrogen) atoms. The highest BCUT2D eigenvalue weighted by Crippen LogP contribution is 2.12. The fraction of sp³-hybridized carbons (Fsp3) is 0.722. The quantitative estimate of drug-likeness (QED) is 0.630. The maximum absolute atomic E-state index is 11.8. The topological polar surface area (TPSA) is 75.0 Å². The van der Waals surface area contributed by atoms with Crippen LogP contribution in [-0.2, 0) is 18.2 Å². The Morgan fingerprint density at radius 1 is 1.19 bits per heavy atom. The maximum atomic E-state index is 11.8. The van der Waals surface area contributed by atoms with Gasteiger partial charge in [0.1, 0.15) is 0 Å². The second-order valence-corrected chi connectivity index (χ2v) is 6.43. The highest BCUT2D eigenvalue weighted by atomic mass is 16.6. The molecular weight excluding hydrogens is 332 g/mol. The first-order valence-electron chi connectivity index (χ1n) is 9.41. The van der Waals surface area contributed by atoms with Gasteiger partial charge in [0.05, 0.1) is 12.3 Å². The van der Waals surface area contributed by atoms with Crippen molar-refractivity contribution in [3.05, 3.63) is 17.0 Å². The van der Waals surface area contributed by atoms with Crippen LogP contribution < -0.4 is 5.32 Å². The molecule has 0 spiro atoms. The molecule has 0 aromatic carbocycles. The van der Waals surface area contributed by atoms with Crippen molar-refractivity contribution in [1.82, 2.24) is 24.9 Å². The zero-order valence-electron chi connectivity index (χ0n) is 16.7. The van der Waals surface area contributed by atoms with E-state index in [4.69, 9.17) is 9.73 Å². The van der Waals surface area contributed by atoms with Crippen LogP contribution in [0.25, 0.3) is 0 Å². The Morgan fingerprint density at radius 2 is 1.85 bits per heavy atom. The predicted molar refractivity (Wildman–Crippen MR) is 103 cm³/mol. The van der Waals surface area contributed by atoms with Gasteiger partial charge in [-0.1, -0.05) is 0 Å². The minimum Gasteiger partial charge on any atom is -0.450 e. The summed E-state index contributed by atoms with van der Waals surface area (Å²) in [5, 5.41) is 7.83. The van der Waals surface area contributed by atoms with E-state index in [2.05, 4.69) is 29.2 Å². The lowest BCUT2D eigenvalue weighted by molar-refractivity contribution is 0.0914. The van der Waals surface area contributed by atoms with Crippen molar-refractivity contribution < 1.29 is 9.53 Å². The number of aliphatic imine (C=N–C) groups is 1. The zero-order chi connectivity index (χ0) is 19.1. The molecule has 146 valence electrons. The molecule has 1 aromatic heterocycles. The predicted octanol–water partition coefficient (Wildman–Crippen LogP) is 1.32. The lowest BCUT2D eigenvalue weighted by Crippen LogP contribution is -2.54. The zero-order valence-corrected chi connectivity index (χ0v) is 16.7. The third-order valence-corrected chi connectivity index (χ3v) is 4.72. The summed E-state index contributed by atoms with van der Waals surface area (Å²) >= 11 is 0. The number of carbonyl (C=O) groups excluding carboxylic acids is 1. The third kappa shape index (κ3) is 4.89. The molecule has 0 aliphatic carbocycles. The number of amides is 1. The molecule has 1 fully saturated rings. The van der Waals surface area contributed by atoms with Gasteiger partial charge >= 0.3 is 6.09 Å². The Bertz CT molecular complexity index is 632. The van der Waals surface area contributed by atoms with Crippen LogP contribution >= 0.6 is 0 Å². The van der Waals surface area contributed by atoms with Gasteiger partial charge in [0.2, 0.25) is 0 Å². The Kier molecular flexibility index (Phi) is 7.29. The molecule has 8 nitrogen and oxygen atoms in total. The molecule has 0 saturated carbocycles. The van der Waals surface area contributed by atoms with E-state index in [9.17, 15) is 4.79 Å². The summed E-state index contributed by atoms with van der Waals surface area (Å²) < 4.78 is 7.00. The molecule has 2 heterocycles. The van der Waals surface area contributed by atoms with E-state index in [1.54, 1.807) is 4.90 Å². The van der Waals surface area contributed by atoms with E-state index in [1.807, 2.05) is 25.6 Å². The normalized spacial score (nSPS) is 15.3. The third-order valence-electron chi connectivity index (χ3n) is 4.72. The number of nitrogens with one attached hydrogen (secondary N) is 1. The number of hydrogen-bond acceptors (Lipinski definition) is 4. The molecule has 1 aliphatic heterocycles. The number of guanidine groups is 1. The summed E-state index contributed by atoms with van der Waals surface area (Å²) in [6.45, 7) is 12.8. The van der Waals surface area contributed by atoms with Crippen LogP contribution in [0.15, 0.2) is 4.99 Å². The van der Waals surface area contributed by atoms with Crippen molar-refractivity contribution >= 4 is 12.1 Å². The number of ether oxygens (including phenoxy) is 1. The van der Waals surface area contributed by atoms with Crippen molar-refractivity contribution in [2.45, 2.75) is 34.1 Å². The number of rotatable bonds is 5. The number of hydrogen-bond donors (Lipinski definition) is 1. The fourth-order valence-electron chi connectivity index (χ4n) is 3.19. The van der Waals surface area contributed by atoms with Gasteiger partial charge in [-0.25, -0.2) is 4.79 Å². The average Bonchev–Trinajstić information content (AvgIpc) is 2.87. The van der Waals surface area contributed by atoms with Crippen molar-refractivity contribution in [3.63, 3.8) is 0 Å². The number of nitrogens with zero attached hydrogens (tertiary/aromatic N) is 5. The highest BCUT2D eigenvalue weighted by Gasteiger charge is 2.23. The largest absolute Gasteiger partial charge is 0.450 e. The molecule has 0 atom stereocenters. The van der Waals surface area contributed by atoms with Crippen LogP contribution in [0.5, 0.6) is 0 Å². The van der Waals surface area contributed by atoms with E-state index in [0.29, 0.717) is 26.2 Å². The van der Waals surface area contributed by atoms with Gasteiger partial charge in [-0.2, -0.15) is 5.10 Å². The summed E-state index contributed by atoms with van der Waals surface area (Å²) in [5.74, 6) is 0.912. The molecule has 1 amide bonds. The van der Waals surface area contributed by atoms with Gasteiger partial charge in [0.25, 0.3) is 0 Å². The number of aromatic nitrogens is 2. The van der Waals surface area contributed by atoms with E-state index >= 15 is 0 Å². The summed E-state index contributed by atoms with van der Waals surface area (Å²) in [6, 6.07) is 0. The van der Waals surface area contributed by atoms with Gasteiger partial charge in [-0.05, 0) is 39.7 Å². The van der Waals surface area contributed by atoms with Gasteiger partial charge in [-0.3, -0.25) is 9.67 Å². The monoisotopic (exact) mass is 364 g/mol. The van der Waals surface area contributed by atoms with Gasteiger partial charge in [0.15, 0.2) is 5.96 Å². The van der Waals surface area contributed by atoms with E-state index in [0.717, 1.165) is 37.7 Å². The molecule has 0 unspecified atom stereocenters. The molecule has 0 radical (unpaired) electrons. The van der Waals surface area contributed by atoms with Gasteiger partial charge < -0.3 is 19.9 Å². The Hall–Kier alpha value is -2.25. The van der Waals surface area contributed by atoms with Crippen molar-refractivity contribution in [3.8, 4) is 0 Å². The number of aryl methyl sites for hydroxylation is 2. The van der Waals surface area contributed by atoms with Gasteiger partial charge in [-0.15, -0.1) is 0 Å². The van der Waals surface area contributed by atoms with Crippen LogP contribution in [0.2, 0.25) is 0 Å². The van der Waals surface area contributed by atoms with Crippen LogP contribution in [0.3, 0.4) is 0 Å². The molecule has 1 aliphatic rings. The van der Waals surface area contributed by atoms with Crippen molar-refractivity contribution in [2.75, 3.05) is 45.9 Å². The van der Waals surface area contributed by atoms with Crippen LogP contribution in [0, 0.1) is 13.8 Å². The first kappa shape index (κ1) is 20.1. The Labute approximate surface area is 156 Å². The highest BCUT2D eigenvalue weighted by molar-refractivity contribution is 5.80. The Balaban J connectivity index is 1.94. The second kappa shape index (κ2) is 9.45. The van der Waals surface area contributed by atoms with Crippen molar-refractivity contribution in [1.29, 1.82) is 0 Å².